The molecule has 3 rings (SSSR count). The molecule has 1 saturated carbocycles. The minimum absolute atomic E-state index is 0.538. The fraction of sp³-hybridized carbons (Fsp3) is 0.273. The van der Waals surface area contributed by atoms with Gasteiger partial charge in [0.15, 0.2) is 5.82 Å². The van der Waals surface area contributed by atoms with E-state index >= 15 is 0 Å². The summed E-state index contributed by atoms with van der Waals surface area (Å²) in [4.78, 5) is 9.90. The van der Waals surface area contributed by atoms with E-state index in [1.807, 2.05) is 18.2 Å². The average molecular weight is 316 g/mol. The van der Waals surface area contributed by atoms with Crippen LogP contribution in [0.3, 0.4) is 0 Å². The second kappa shape index (κ2) is 4.09. The zero-order chi connectivity index (χ0) is 11.1. The van der Waals surface area contributed by atoms with Crippen LogP contribution in [0.15, 0.2) is 22.0 Å². The summed E-state index contributed by atoms with van der Waals surface area (Å²) >= 11 is 11.1. The van der Waals surface area contributed by atoms with Gasteiger partial charge in [-0.1, -0.05) is 11.6 Å². The molecule has 0 bridgehead atoms. The second-order valence-electron chi connectivity index (χ2n) is 3.82. The molecule has 0 unspecified atom stereocenters. The molecule has 16 heavy (non-hydrogen) atoms. The van der Waals surface area contributed by atoms with Crippen molar-refractivity contribution < 1.29 is 0 Å². The molecule has 0 amide bonds. The molecule has 1 aliphatic carbocycles. The van der Waals surface area contributed by atoms with Crippen LogP contribution in [0.1, 0.15) is 24.5 Å². The van der Waals surface area contributed by atoms with Crippen LogP contribution in [-0.2, 0) is 0 Å². The Hall–Kier alpha value is -0.450. The minimum atomic E-state index is 0.538. The predicted octanol–water partition coefficient (Wildman–Crippen LogP) is 4.50. The Morgan fingerprint density at radius 3 is 2.75 bits per heavy atom. The molecule has 0 saturated heterocycles. The first-order chi connectivity index (χ1) is 7.72. The van der Waals surface area contributed by atoms with E-state index in [1.165, 1.54) is 12.8 Å². The van der Waals surface area contributed by atoms with Crippen LogP contribution in [0, 0.1) is 0 Å². The summed E-state index contributed by atoms with van der Waals surface area (Å²) in [6.45, 7) is 0. The van der Waals surface area contributed by atoms with Gasteiger partial charge in [-0.2, -0.15) is 0 Å². The first-order valence-corrected chi connectivity index (χ1v) is 7.01. The third-order valence-corrected chi connectivity index (χ3v) is 4.32. The SMILES string of the molecule is Clc1cc(C2CC2)nc(-c2ccc(Br)s2)n1. The maximum absolute atomic E-state index is 6.02. The van der Waals surface area contributed by atoms with E-state index in [0.29, 0.717) is 11.1 Å². The Morgan fingerprint density at radius 2 is 2.12 bits per heavy atom. The molecule has 0 aliphatic heterocycles. The van der Waals surface area contributed by atoms with Crippen molar-refractivity contribution in [3.05, 3.63) is 32.8 Å². The monoisotopic (exact) mass is 314 g/mol. The van der Waals surface area contributed by atoms with Crippen LogP contribution in [0.5, 0.6) is 0 Å². The maximum Gasteiger partial charge on any atom is 0.171 e. The number of hydrogen-bond donors (Lipinski definition) is 0. The van der Waals surface area contributed by atoms with E-state index in [1.54, 1.807) is 11.3 Å². The van der Waals surface area contributed by atoms with Crippen molar-refractivity contribution in [2.45, 2.75) is 18.8 Å². The Labute approximate surface area is 111 Å². The Kier molecular flexibility index (Phi) is 2.73. The standard InChI is InChI=1S/C11H8BrClN2S/c12-9-4-3-8(16-9)11-14-7(6-1-2-6)5-10(13)15-11/h3-6H,1-2H2. The number of hydrogen-bond acceptors (Lipinski definition) is 3. The highest BCUT2D eigenvalue weighted by Gasteiger charge is 2.26. The van der Waals surface area contributed by atoms with Gasteiger partial charge in [0.1, 0.15) is 5.15 Å². The van der Waals surface area contributed by atoms with Gasteiger partial charge in [-0.3, -0.25) is 0 Å². The van der Waals surface area contributed by atoms with Crippen molar-refractivity contribution in [2.75, 3.05) is 0 Å². The lowest BCUT2D eigenvalue weighted by Crippen LogP contribution is -1.93. The lowest BCUT2D eigenvalue weighted by Gasteiger charge is -2.01. The van der Waals surface area contributed by atoms with Crippen LogP contribution in [0.2, 0.25) is 5.15 Å². The quantitative estimate of drug-likeness (QED) is 0.763. The summed E-state index contributed by atoms with van der Waals surface area (Å²) in [7, 11) is 0. The van der Waals surface area contributed by atoms with E-state index in [4.69, 9.17) is 11.6 Å². The number of thiophene rings is 1. The summed E-state index contributed by atoms with van der Waals surface area (Å²) < 4.78 is 1.08. The minimum Gasteiger partial charge on any atom is -0.232 e. The van der Waals surface area contributed by atoms with E-state index in [0.717, 1.165) is 20.2 Å². The van der Waals surface area contributed by atoms with Gasteiger partial charge >= 0.3 is 0 Å². The Balaban J connectivity index is 2.06. The normalized spacial score (nSPS) is 15.4. The van der Waals surface area contributed by atoms with Gasteiger partial charge in [-0.25, -0.2) is 9.97 Å². The maximum atomic E-state index is 6.02. The molecule has 0 spiro atoms. The third kappa shape index (κ3) is 2.14. The van der Waals surface area contributed by atoms with Crippen molar-refractivity contribution in [3.8, 4) is 10.7 Å². The number of aromatic nitrogens is 2. The van der Waals surface area contributed by atoms with Crippen molar-refractivity contribution in [1.82, 2.24) is 9.97 Å². The molecule has 0 atom stereocenters. The molecular weight excluding hydrogens is 308 g/mol. The zero-order valence-electron chi connectivity index (χ0n) is 8.28. The highest BCUT2D eigenvalue weighted by molar-refractivity contribution is 9.11. The summed E-state index contributed by atoms with van der Waals surface area (Å²) in [5.74, 6) is 1.34. The summed E-state index contributed by atoms with van der Waals surface area (Å²) in [5, 5.41) is 0.538. The first kappa shape index (κ1) is 10.7. The topological polar surface area (TPSA) is 25.8 Å². The Bertz CT molecular complexity index is 537. The Morgan fingerprint density at radius 1 is 1.31 bits per heavy atom. The molecule has 5 heteroatoms. The van der Waals surface area contributed by atoms with Gasteiger partial charge in [0, 0.05) is 11.6 Å². The molecule has 0 aromatic carbocycles. The van der Waals surface area contributed by atoms with Crippen LogP contribution in [0.25, 0.3) is 10.7 Å². The van der Waals surface area contributed by atoms with E-state index in [9.17, 15) is 0 Å². The van der Waals surface area contributed by atoms with Crippen molar-refractivity contribution in [3.63, 3.8) is 0 Å². The smallest absolute Gasteiger partial charge is 0.171 e. The first-order valence-electron chi connectivity index (χ1n) is 5.02. The van der Waals surface area contributed by atoms with Crippen molar-refractivity contribution in [2.24, 2.45) is 0 Å². The highest BCUT2D eigenvalue weighted by Crippen LogP contribution is 2.40. The molecular formula is C11H8BrClN2S. The molecule has 82 valence electrons. The van der Waals surface area contributed by atoms with E-state index < -0.39 is 0 Å². The highest BCUT2D eigenvalue weighted by atomic mass is 79.9. The van der Waals surface area contributed by atoms with Gasteiger partial charge in [-0.15, -0.1) is 11.3 Å². The second-order valence-corrected chi connectivity index (χ2v) is 6.67. The summed E-state index contributed by atoms with van der Waals surface area (Å²) in [5.41, 5.74) is 1.08. The van der Waals surface area contributed by atoms with Crippen molar-refractivity contribution >= 4 is 38.9 Å². The van der Waals surface area contributed by atoms with Gasteiger partial charge in [-0.05, 0) is 47.0 Å². The van der Waals surface area contributed by atoms with Gasteiger partial charge in [0.25, 0.3) is 0 Å². The fourth-order valence-corrected chi connectivity index (χ4v) is 3.08. The largest absolute Gasteiger partial charge is 0.232 e. The van der Waals surface area contributed by atoms with Crippen LogP contribution < -0.4 is 0 Å². The summed E-state index contributed by atoms with van der Waals surface area (Å²) in [6.07, 6.45) is 2.45. The molecule has 2 aromatic heterocycles. The molecule has 0 N–H and O–H groups in total. The zero-order valence-corrected chi connectivity index (χ0v) is 11.4. The van der Waals surface area contributed by atoms with Crippen LogP contribution >= 0.6 is 38.9 Å². The molecule has 2 aromatic rings. The van der Waals surface area contributed by atoms with E-state index in [2.05, 4.69) is 25.9 Å². The number of halogens is 2. The lowest BCUT2D eigenvalue weighted by atomic mass is 10.3. The molecule has 1 fully saturated rings. The van der Waals surface area contributed by atoms with Gasteiger partial charge in [0.05, 0.1) is 8.66 Å². The lowest BCUT2D eigenvalue weighted by molar-refractivity contribution is 0.997. The predicted molar refractivity (Wildman–Crippen MR) is 70.0 cm³/mol. The summed E-state index contributed by atoms with van der Waals surface area (Å²) in [6, 6.07) is 5.89. The van der Waals surface area contributed by atoms with Crippen LogP contribution in [0.4, 0.5) is 0 Å². The third-order valence-electron chi connectivity index (χ3n) is 2.50. The molecule has 2 nitrogen and oxygen atoms in total. The molecule has 2 heterocycles. The fourth-order valence-electron chi connectivity index (χ4n) is 1.57. The van der Waals surface area contributed by atoms with Crippen molar-refractivity contribution in [1.29, 1.82) is 0 Å². The number of rotatable bonds is 2. The van der Waals surface area contributed by atoms with Gasteiger partial charge < -0.3 is 0 Å². The average Bonchev–Trinajstić information content (AvgIpc) is 3.01. The van der Waals surface area contributed by atoms with E-state index in [-0.39, 0.29) is 0 Å². The molecule has 0 radical (unpaired) electrons. The number of nitrogens with zero attached hydrogens (tertiary/aromatic N) is 2. The van der Waals surface area contributed by atoms with Gasteiger partial charge in [0.2, 0.25) is 0 Å². The molecule has 1 aliphatic rings. The van der Waals surface area contributed by atoms with Crippen LogP contribution in [-0.4, -0.2) is 9.97 Å².